The van der Waals surface area contributed by atoms with Crippen molar-refractivity contribution in [3.8, 4) is 5.75 Å². The molecule has 1 N–H and O–H groups in total. The number of aryl methyl sites for hydroxylation is 1. The zero-order valence-electron chi connectivity index (χ0n) is 8.12. The van der Waals surface area contributed by atoms with Crippen LogP contribution < -0.4 is 4.74 Å². The van der Waals surface area contributed by atoms with E-state index in [1.54, 1.807) is 6.07 Å². The third-order valence-corrected chi connectivity index (χ3v) is 2.94. The Morgan fingerprint density at radius 3 is 3.00 bits per heavy atom. The molecule has 15 heavy (non-hydrogen) atoms. The second-order valence-corrected chi connectivity index (χ2v) is 3.93. The SMILES string of the molecule is O=C(O)COc1ccc2c(c1Cl)CCC2. The number of rotatable bonds is 3. The van der Waals surface area contributed by atoms with Crippen LogP contribution >= 0.6 is 11.6 Å². The van der Waals surface area contributed by atoms with Crippen LogP contribution in [0, 0.1) is 0 Å². The Morgan fingerprint density at radius 1 is 1.47 bits per heavy atom. The predicted octanol–water partition coefficient (Wildman–Crippen LogP) is 2.29. The molecule has 0 atom stereocenters. The van der Waals surface area contributed by atoms with E-state index in [-0.39, 0.29) is 6.61 Å². The molecule has 0 heterocycles. The Morgan fingerprint density at radius 2 is 2.27 bits per heavy atom. The van der Waals surface area contributed by atoms with Gasteiger partial charge in [-0.15, -0.1) is 0 Å². The van der Waals surface area contributed by atoms with Crippen molar-refractivity contribution < 1.29 is 14.6 Å². The van der Waals surface area contributed by atoms with Gasteiger partial charge in [-0.3, -0.25) is 0 Å². The number of carbonyl (C=O) groups is 1. The molecule has 0 saturated heterocycles. The monoisotopic (exact) mass is 226 g/mol. The van der Waals surface area contributed by atoms with Gasteiger partial charge in [-0.2, -0.15) is 0 Å². The number of fused-ring (bicyclic) bond motifs is 1. The molecule has 0 fully saturated rings. The number of ether oxygens (including phenoxy) is 1. The summed E-state index contributed by atoms with van der Waals surface area (Å²) in [6, 6.07) is 3.71. The van der Waals surface area contributed by atoms with E-state index in [1.165, 1.54) is 5.56 Å². The van der Waals surface area contributed by atoms with Gasteiger partial charge in [-0.25, -0.2) is 4.79 Å². The van der Waals surface area contributed by atoms with E-state index in [2.05, 4.69) is 0 Å². The number of halogens is 1. The average molecular weight is 227 g/mol. The van der Waals surface area contributed by atoms with E-state index in [9.17, 15) is 4.79 Å². The Labute approximate surface area is 92.6 Å². The summed E-state index contributed by atoms with van der Waals surface area (Å²) in [4.78, 5) is 10.3. The first-order valence-corrected chi connectivity index (χ1v) is 5.21. The maximum absolute atomic E-state index is 10.3. The zero-order valence-corrected chi connectivity index (χ0v) is 8.88. The van der Waals surface area contributed by atoms with Gasteiger partial charge in [0.05, 0.1) is 5.02 Å². The molecule has 1 aromatic carbocycles. The molecule has 0 amide bonds. The Hall–Kier alpha value is -1.22. The average Bonchev–Trinajstić information content (AvgIpc) is 2.65. The predicted molar refractivity (Wildman–Crippen MR) is 56.6 cm³/mol. The smallest absolute Gasteiger partial charge is 0.341 e. The lowest BCUT2D eigenvalue weighted by Gasteiger charge is -2.09. The molecular weight excluding hydrogens is 216 g/mol. The molecule has 0 radical (unpaired) electrons. The van der Waals surface area contributed by atoms with Crippen molar-refractivity contribution in [2.24, 2.45) is 0 Å². The molecular formula is C11H11ClO3. The third kappa shape index (κ3) is 2.07. The largest absolute Gasteiger partial charge is 0.480 e. The Kier molecular flexibility index (Phi) is 2.82. The molecule has 0 saturated carbocycles. The molecule has 0 aliphatic heterocycles. The van der Waals surface area contributed by atoms with Gasteiger partial charge in [0, 0.05) is 0 Å². The highest BCUT2D eigenvalue weighted by Crippen LogP contribution is 2.35. The second-order valence-electron chi connectivity index (χ2n) is 3.55. The standard InChI is InChI=1S/C11H11ClO3/c12-11-8-3-1-2-7(8)4-5-9(11)15-6-10(13)14/h4-5H,1-3,6H2,(H,13,14). The Bertz CT molecular complexity index is 401. The summed E-state index contributed by atoms with van der Waals surface area (Å²) in [5.41, 5.74) is 2.36. The van der Waals surface area contributed by atoms with E-state index in [4.69, 9.17) is 21.4 Å². The second kappa shape index (κ2) is 4.11. The lowest BCUT2D eigenvalue weighted by molar-refractivity contribution is -0.139. The summed E-state index contributed by atoms with van der Waals surface area (Å²) in [7, 11) is 0. The van der Waals surface area contributed by atoms with Crippen LogP contribution in [0.4, 0.5) is 0 Å². The van der Waals surface area contributed by atoms with E-state index in [0.29, 0.717) is 10.8 Å². The van der Waals surface area contributed by atoms with Crippen LogP contribution in [0.15, 0.2) is 12.1 Å². The summed E-state index contributed by atoms with van der Waals surface area (Å²) >= 11 is 6.12. The van der Waals surface area contributed by atoms with Gasteiger partial charge >= 0.3 is 5.97 Å². The minimum atomic E-state index is -0.994. The van der Waals surface area contributed by atoms with Gasteiger partial charge in [0.1, 0.15) is 5.75 Å². The molecule has 0 bridgehead atoms. The van der Waals surface area contributed by atoms with Crippen molar-refractivity contribution in [3.05, 3.63) is 28.3 Å². The van der Waals surface area contributed by atoms with Crippen molar-refractivity contribution in [2.45, 2.75) is 19.3 Å². The molecule has 1 aliphatic carbocycles. The van der Waals surface area contributed by atoms with Crippen molar-refractivity contribution in [1.82, 2.24) is 0 Å². The van der Waals surface area contributed by atoms with Gasteiger partial charge in [-0.1, -0.05) is 17.7 Å². The van der Waals surface area contributed by atoms with Crippen molar-refractivity contribution in [3.63, 3.8) is 0 Å². The molecule has 80 valence electrons. The maximum atomic E-state index is 10.3. The van der Waals surface area contributed by atoms with E-state index < -0.39 is 5.97 Å². The molecule has 4 heteroatoms. The number of carboxylic acids is 1. The first-order valence-electron chi connectivity index (χ1n) is 4.83. The lowest BCUT2D eigenvalue weighted by atomic mass is 10.1. The van der Waals surface area contributed by atoms with E-state index >= 15 is 0 Å². The fourth-order valence-electron chi connectivity index (χ4n) is 1.85. The first kappa shape index (κ1) is 10.3. The highest BCUT2D eigenvalue weighted by Gasteiger charge is 2.17. The maximum Gasteiger partial charge on any atom is 0.341 e. The number of hydrogen-bond acceptors (Lipinski definition) is 2. The van der Waals surface area contributed by atoms with Crippen LogP contribution in [0.1, 0.15) is 17.5 Å². The highest BCUT2D eigenvalue weighted by molar-refractivity contribution is 6.33. The van der Waals surface area contributed by atoms with Crippen molar-refractivity contribution >= 4 is 17.6 Å². The fraction of sp³-hybridized carbons (Fsp3) is 0.364. The molecule has 1 aliphatic rings. The van der Waals surface area contributed by atoms with Gasteiger partial charge < -0.3 is 9.84 Å². The van der Waals surface area contributed by atoms with Crippen LogP contribution in [-0.4, -0.2) is 17.7 Å². The summed E-state index contributed by atoms with van der Waals surface area (Å²) in [6.45, 7) is -0.349. The minimum Gasteiger partial charge on any atom is -0.480 e. The number of hydrogen-bond donors (Lipinski definition) is 1. The lowest BCUT2D eigenvalue weighted by Crippen LogP contribution is -2.09. The topological polar surface area (TPSA) is 46.5 Å². The van der Waals surface area contributed by atoms with E-state index in [0.717, 1.165) is 24.8 Å². The molecule has 0 unspecified atom stereocenters. The molecule has 1 aromatic rings. The Balaban J connectivity index is 2.22. The van der Waals surface area contributed by atoms with Gasteiger partial charge in [0.15, 0.2) is 6.61 Å². The van der Waals surface area contributed by atoms with Crippen molar-refractivity contribution in [2.75, 3.05) is 6.61 Å². The molecule has 0 aromatic heterocycles. The number of benzene rings is 1. The fourth-order valence-corrected chi connectivity index (χ4v) is 2.18. The number of aliphatic carboxylic acids is 1. The van der Waals surface area contributed by atoms with Crippen molar-refractivity contribution in [1.29, 1.82) is 0 Å². The number of carboxylic acid groups (broad SMARTS) is 1. The molecule has 0 spiro atoms. The van der Waals surface area contributed by atoms with E-state index in [1.807, 2.05) is 6.07 Å². The first-order chi connectivity index (χ1) is 7.18. The normalized spacial score (nSPS) is 13.7. The van der Waals surface area contributed by atoms with Crippen LogP contribution in [0.3, 0.4) is 0 Å². The summed E-state index contributed by atoms with van der Waals surface area (Å²) in [6.07, 6.45) is 3.12. The summed E-state index contributed by atoms with van der Waals surface area (Å²) in [5.74, 6) is -0.522. The molecule has 2 rings (SSSR count). The van der Waals surface area contributed by atoms with Gasteiger partial charge in [-0.05, 0) is 36.5 Å². The third-order valence-electron chi connectivity index (χ3n) is 2.53. The van der Waals surface area contributed by atoms with Crippen LogP contribution in [0.5, 0.6) is 5.75 Å². The summed E-state index contributed by atoms with van der Waals surface area (Å²) < 4.78 is 5.09. The van der Waals surface area contributed by atoms with Crippen LogP contribution in [0.25, 0.3) is 0 Å². The van der Waals surface area contributed by atoms with Crippen LogP contribution in [0.2, 0.25) is 5.02 Å². The van der Waals surface area contributed by atoms with Gasteiger partial charge in [0.25, 0.3) is 0 Å². The summed E-state index contributed by atoms with van der Waals surface area (Å²) in [5, 5.41) is 9.07. The van der Waals surface area contributed by atoms with Crippen LogP contribution in [-0.2, 0) is 17.6 Å². The minimum absolute atomic E-state index is 0.349. The molecule has 3 nitrogen and oxygen atoms in total. The zero-order chi connectivity index (χ0) is 10.8. The van der Waals surface area contributed by atoms with Gasteiger partial charge in [0.2, 0.25) is 0 Å². The quantitative estimate of drug-likeness (QED) is 0.860. The highest BCUT2D eigenvalue weighted by atomic mass is 35.5.